The molecule has 0 saturated carbocycles. The number of halogens is 1. The molecule has 0 amide bonds. The molecular weight excluding hydrogens is 580 g/mol. The van der Waals surface area contributed by atoms with Gasteiger partial charge in [-0.2, -0.15) is 38.9 Å². The van der Waals surface area contributed by atoms with Crippen molar-refractivity contribution < 1.29 is 19.8 Å². The fraction of sp³-hybridized carbons (Fsp3) is 0.773. The van der Waals surface area contributed by atoms with E-state index in [4.69, 9.17) is 11.1 Å². The van der Waals surface area contributed by atoms with Crippen LogP contribution in [0.25, 0.3) is 0 Å². The maximum Gasteiger partial charge on any atom is 5.00 e. The largest absolute Gasteiger partial charge is 5.00 e. The van der Waals surface area contributed by atoms with Crippen LogP contribution in [0.15, 0.2) is 0 Å². The number of rotatable bonds is 2. The van der Waals surface area contributed by atoms with E-state index in [-0.39, 0.29) is 35.6 Å². The van der Waals surface area contributed by atoms with Crippen molar-refractivity contribution in [2.24, 2.45) is 0 Å². The van der Waals surface area contributed by atoms with Crippen LogP contribution in [0.2, 0.25) is 11.1 Å². The summed E-state index contributed by atoms with van der Waals surface area (Å²) in [5, 5.41) is 0. The molecule has 0 aliphatic heterocycles. The first-order valence-electron chi connectivity index (χ1n) is 9.83. The normalized spacial score (nSPS) is 10.1. The topological polar surface area (TPSA) is 0 Å². The van der Waals surface area contributed by atoms with E-state index in [0.29, 0.717) is 11.1 Å². The molecule has 0 unspecified atom stereocenters. The second-order valence-electron chi connectivity index (χ2n) is 8.82. The van der Waals surface area contributed by atoms with E-state index in [1.165, 1.54) is 27.8 Å². The summed E-state index contributed by atoms with van der Waals surface area (Å²) < 4.78 is 0. The minimum atomic E-state index is -0.551. The molecular formula is C22H49ClOsP2Si+6. The molecule has 0 spiro atoms. The third-order valence-corrected chi connectivity index (χ3v) is 8.74. The quantitative estimate of drug-likeness (QED) is 0.134. The standard InChI is InChI=1S/C10H15.C6H14ClSi.2C3H9P.Os/c1-6-7(2)9(4)10(5)8(6)3;1-5(2)8(7)6(3)4;2*1-4(2)3;/h1-5H3;5-6H,1-4H3;2*1-3H3;/q-1;;;;+5/p+2. The average Bonchev–Trinajstić information content (AvgIpc) is 2.64. The monoisotopic (exact) mass is 630 g/mol. The van der Waals surface area contributed by atoms with Gasteiger partial charge in [-0.15, -0.1) is 0 Å². The van der Waals surface area contributed by atoms with Crippen LogP contribution < -0.4 is 0 Å². The van der Waals surface area contributed by atoms with Crippen LogP contribution in [-0.2, 0) is 19.8 Å². The number of hydrogen-bond acceptors (Lipinski definition) is 0. The van der Waals surface area contributed by atoms with Gasteiger partial charge in [0.2, 0.25) is 0 Å². The first-order valence-corrected chi connectivity index (χ1v) is 18.5. The molecule has 0 N–H and O–H groups in total. The minimum absolute atomic E-state index is 0. The van der Waals surface area contributed by atoms with Crippen LogP contribution in [-0.4, -0.2) is 48.1 Å². The zero-order valence-corrected chi connectivity index (χ0v) is 27.2. The molecule has 0 atom stereocenters. The van der Waals surface area contributed by atoms with Crippen molar-refractivity contribution in [2.45, 2.75) is 73.4 Å². The molecule has 160 valence electrons. The maximum absolute atomic E-state index is 6.05. The van der Waals surface area contributed by atoms with Gasteiger partial charge < -0.3 is 0 Å². The number of hydrogen-bond donors (Lipinski definition) is 0. The van der Waals surface area contributed by atoms with E-state index < -0.39 is 8.11 Å². The van der Waals surface area contributed by atoms with E-state index >= 15 is 0 Å². The van der Waals surface area contributed by atoms with E-state index in [1.54, 1.807) is 0 Å². The maximum atomic E-state index is 6.05. The van der Waals surface area contributed by atoms with E-state index in [1.807, 2.05) is 0 Å². The van der Waals surface area contributed by atoms with Gasteiger partial charge in [0.1, 0.15) is 0 Å². The van der Waals surface area contributed by atoms with Gasteiger partial charge in [0, 0.05) is 40.0 Å². The molecule has 0 bridgehead atoms. The summed E-state index contributed by atoms with van der Waals surface area (Å²) >= 11 is 6.05. The Bertz CT molecular complexity index is 370. The van der Waals surface area contributed by atoms with Gasteiger partial charge in [-0.1, -0.05) is 62.3 Å². The molecule has 0 aromatic heterocycles. The second-order valence-corrected chi connectivity index (χ2v) is 19.2. The van der Waals surface area contributed by atoms with Crippen molar-refractivity contribution in [3.8, 4) is 0 Å². The van der Waals surface area contributed by atoms with Crippen molar-refractivity contribution >= 4 is 35.0 Å². The summed E-state index contributed by atoms with van der Waals surface area (Å²) in [6.07, 6.45) is 0. The predicted octanol–water partition coefficient (Wildman–Crippen LogP) is 8.16. The van der Waals surface area contributed by atoms with Gasteiger partial charge in [-0.25, -0.2) is 0 Å². The molecule has 0 aliphatic rings. The van der Waals surface area contributed by atoms with Gasteiger partial charge in [0.25, 0.3) is 0 Å². The Kier molecular flexibility index (Phi) is 25.6. The molecule has 0 nitrogen and oxygen atoms in total. The van der Waals surface area contributed by atoms with Crippen molar-refractivity contribution in [2.75, 3.05) is 40.0 Å². The van der Waals surface area contributed by atoms with E-state index in [9.17, 15) is 0 Å². The molecule has 0 heterocycles. The van der Waals surface area contributed by atoms with Crippen molar-refractivity contribution in [3.63, 3.8) is 0 Å². The van der Waals surface area contributed by atoms with Crippen molar-refractivity contribution in [3.05, 3.63) is 27.8 Å². The van der Waals surface area contributed by atoms with Crippen LogP contribution in [0.4, 0.5) is 0 Å². The third kappa shape index (κ3) is 20.4. The van der Waals surface area contributed by atoms with Crippen LogP contribution in [0.5, 0.6) is 0 Å². The van der Waals surface area contributed by atoms with Gasteiger partial charge in [0.15, 0.2) is 8.11 Å². The first-order chi connectivity index (χ1) is 11.6. The molecule has 27 heavy (non-hydrogen) atoms. The van der Waals surface area contributed by atoms with Gasteiger partial charge in [0.05, 0.1) is 0 Å². The Morgan fingerprint density at radius 3 is 0.926 bits per heavy atom. The predicted molar refractivity (Wildman–Crippen MR) is 140 cm³/mol. The fourth-order valence-electron chi connectivity index (χ4n) is 2.07. The molecule has 1 aromatic rings. The Morgan fingerprint density at radius 2 is 0.889 bits per heavy atom. The Balaban J connectivity index is -0.000000140. The molecule has 5 heteroatoms. The second kappa shape index (κ2) is 19.3. The Labute approximate surface area is 195 Å². The summed E-state index contributed by atoms with van der Waals surface area (Å²) in [6.45, 7) is 33.4. The summed E-state index contributed by atoms with van der Waals surface area (Å²) in [5.41, 5.74) is 8.76. The molecule has 1 rings (SSSR count). The SMILES string of the molecule is CC(C)[Si](Cl)C(C)C.C[PH+](C)C.C[PH+](C)C.Cc1c(C)c(C)[c-](C)c1C.[Os+5]. The summed E-state index contributed by atoms with van der Waals surface area (Å²) in [7, 11) is -0.311. The fourth-order valence-corrected chi connectivity index (χ4v) is 3.41. The van der Waals surface area contributed by atoms with Crippen LogP contribution in [0.3, 0.4) is 0 Å². The molecule has 1 aromatic carbocycles. The molecule has 2 radical (unpaired) electrons. The van der Waals surface area contributed by atoms with Crippen molar-refractivity contribution in [1.82, 2.24) is 0 Å². The van der Waals surface area contributed by atoms with Gasteiger partial charge in [-0.05, 0) is 26.9 Å². The molecule has 0 fully saturated rings. The Morgan fingerprint density at radius 1 is 0.704 bits per heavy atom. The van der Waals surface area contributed by atoms with Crippen LogP contribution in [0.1, 0.15) is 55.5 Å². The summed E-state index contributed by atoms with van der Waals surface area (Å²) in [6, 6.07) is 0. The third-order valence-electron chi connectivity index (χ3n) is 3.92. The first kappa shape index (κ1) is 35.8. The zero-order valence-electron chi connectivity index (χ0n) is 20.9. The summed E-state index contributed by atoms with van der Waals surface area (Å²) in [5.74, 6) is 0. The van der Waals surface area contributed by atoms with Crippen molar-refractivity contribution in [1.29, 1.82) is 0 Å². The molecule has 0 saturated heterocycles. The smallest absolute Gasteiger partial charge is 0.196 e. The molecule has 0 aliphatic carbocycles. The van der Waals surface area contributed by atoms with Gasteiger partial charge in [-0.3, -0.25) is 0 Å². The minimum Gasteiger partial charge on any atom is -0.196 e. The summed E-state index contributed by atoms with van der Waals surface area (Å²) in [4.78, 5) is 0. The van der Waals surface area contributed by atoms with Crippen LogP contribution in [0, 0.1) is 34.6 Å². The van der Waals surface area contributed by atoms with E-state index in [2.05, 4.69) is 102 Å². The average molecular weight is 629 g/mol. The Hall–Kier alpha value is 1.35. The zero-order chi connectivity index (χ0) is 21.8. The van der Waals surface area contributed by atoms with E-state index in [0.717, 1.165) is 0 Å². The van der Waals surface area contributed by atoms with Crippen LogP contribution >= 0.6 is 26.9 Å². The van der Waals surface area contributed by atoms with Gasteiger partial charge >= 0.3 is 19.8 Å².